The summed E-state index contributed by atoms with van der Waals surface area (Å²) >= 11 is 0. The first-order chi connectivity index (χ1) is 21.8. The smallest absolute Gasteiger partial charge is 0.0746 e. The number of hydrogen-bond donors (Lipinski definition) is 0. The highest BCUT2D eigenvalue weighted by Crippen LogP contribution is 2.39. The van der Waals surface area contributed by atoms with Crippen molar-refractivity contribution in [3.63, 3.8) is 0 Å². The molecule has 0 bridgehead atoms. The topological polar surface area (TPSA) is 35.6 Å². The van der Waals surface area contributed by atoms with Crippen molar-refractivity contribution in [3.8, 4) is 33.8 Å². The maximum Gasteiger partial charge on any atom is 0.0746 e. The molecule has 4 heteroatoms. The lowest BCUT2D eigenvalue weighted by Crippen LogP contribution is -1.94. The number of benzene rings is 5. The van der Waals surface area contributed by atoms with Gasteiger partial charge in [-0.2, -0.15) is 0 Å². The molecule has 4 aromatic heterocycles. The molecule has 0 spiro atoms. The van der Waals surface area contributed by atoms with E-state index in [2.05, 4.69) is 148 Å². The van der Waals surface area contributed by atoms with Crippen molar-refractivity contribution in [3.05, 3.63) is 158 Å². The Morgan fingerprint density at radius 1 is 0.500 bits per heavy atom. The molecule has 9 rings (SSSR count). The summed E-state index contributed by atoms with van der Waals surface area (Å²) in [5.74, 6) is 0. The van der Waals surface area contributed by atoms with E-state index in [1.807, 2.05) is 24.5 Å². The number of rotatable bonds is 4. The van der Waals surface area contributed by atoms with Crippen molar-refractivity contribution < 1.29 is 0 Å². The molecule has 0 N–H and O–H groups in total. The fraction of sp³-hybridized carbons (Fsp3) is 0. The molecule has 0 saturated carbocycles. The summed E-state index contributed by atoms with van der Waals surface area (Å²) in [6.45, 7) is 0. The Morgan fingerprint density at radius 3 is 2.02 bits per heavy atom. The summed E-state index contributed by atoms with van der Waals surface area (Å²) in [6.07, 6.45) is 5.90. The van der Waals surface area contributed by atoms with Crippen molar-refractivity contribution >= 4 is 43.6 Å². The Morgan fingerprint density at radius 2 is 1.23 bits per heavy atom. The molecule has 0 unspecified atom stereocenters. The van der Waals surface area contributed by atoms with E-state index in [-0.39, 0.29) is 0 Å². The maximum atomic E-state index is 5.13. The zero-order valence-electron chi connectivity index (χ0n) is 23.8. The second kappa shape index (κ2) is 9.79. The third kappa shape index (κ3) is 3.85. The van der Waals surface area contributed by atoms with Crippen molar-refractivity contribution in [2.45, 2.75) is 0 Å². The van der Waals surface area contributed by atoms with Gasteiger partial charge in [0.25, 0.3) is 0 Å². The van der Waals surface area contributed by atoms with Gasteiger partial charge in [0.15, 0.2) is 0 Å². The number of aromatic nitrogens is 4. The molecule has 0 atom stereocenters. The Balaban J connectivity index is 1.33. The molecule has 9 aromatic rings. The molecule has 0 aliphatic rings. The van der Waals surface area contributed by atoms with Gasteiger partial charge < -0.3 is 9.13 Å². The summed E-state index contributed by atoms with van der Waals surface area (Å²) in [4.78, 5) is 9.54. The van der Waals surface area contributed by atoms with Gasteiger partial charge in [0.05, 0.1) is 27.8 Å². The van der Waals surface area contributed by atoms with Crippen LogP contribution in [0.5, 0.6) is 0 Å². The Hall–Kier alpha value is -6.00. The normalized spacial score (nSPS) is 11.6. The zero-order valence-corrected chi connectivity index (χ0v) is 23.8. The molecule has 0 aliphatic carbocycles. The van der Waals surface area contributed by atoms with Gasteiger partial charge in [-0.3, -0.25) is 4.98 Å². The van der Waals surface area contributed by atoms with Gasteiger partial charge in [-0.05, 0) is 77.9 Å². The minimum Gasteiger partial charge on any atom is -0.317 e. The fourth-order valence-electron chi connectivity index (χ4n) is 6.55. The van der Waals surface area contributed by atoms with E-state index in [9.17, 15) is 0 Å². The molecule has 0 aliphatic heterocycles. The van der Waals surface area contributed by atoms with E-state index < -0.39 is 0 Å². The number of para-hydroxylation sites is 2. The number of pyridine rings is 2. The molecule has 44 heavy (non-hydrogen) atoms. The van der Waals surface area contributed by atoms with Crippen LogP contribution >= 0.6 is 0 Å². The highest BCUT2D eigenvalue weighted by Gasteiger charge is 2.17. The number of fused-ring (bicyclic) bond motifs is 5. The highest BCUT2D eigenvalue weighted by molar-refractivity contribution is 6.14. The van der Waals surface area contributed by atoms with E-state index in [1.165, 1.54) is 32.7 Å². The summed E-state index contributed by atoms with van der Waals surface area (Å²) in [5.41, 5.74) is 11.1. The summed E-state index contributed by atoms with van der Waals surface area (Å²) in [5, 5.41) is 4.66. The lowest BCUT2D eigenvalue weighted by atomic mass is 9.98. The summed E-state index contributed by atoms with van der Waals surface area (Å²) in [6, 6.07) is 49.5. The molecular formula is C40H26N4. The van der Waals surface area contributed by atoms with Crippen molar-refractivity contribution in [1.29, 1.82) is 0 Å². The maximum absolute atomic E-state index is 5.13. The average molecular weight is 563 g/mol. The van der Waals surface area contributed by atoms with Crippen LogP contribution in [0.1, 0.15) is 0 Å². The second-order valence-corrected chi connectivity index (χ2v) is 11.2. The first-order valence-corrected chi connectivity index (χ1v) is 14.8. The molecular weight excluding hydrogens is 536 g/mol. The second-order valence-electron chi connectivity index (χ2n) is 11.2. The van der Waals surface area contributed by atoms with Crippen LogP contribution in [0.2, 0.25) is 0 Å². The highest BCUT2D eigenvalue weighted by atomic mass is 15.0. The van der Waals surface area contributed by atoms with Gasteiger partial charge in [0, 0.05) is 57.1 Å². The van der Waals surface area contributed by atoms with Gasteiger partial charge in [-0.25, -0.2) is 4.98 Å². The SMILES string of the molecule is c1ccc(-c2cc(-c3ccc4c(c3)c3cc5c(ccn5-c5ccccc5)cc3n4-c3ccccc3)nc3ccncc23)cc1. The average Bonchev–Trinajstić information content (AvgIpc) is 3.66. The van der Waals surface area contributed by atoms with Crippen LogP contribution < -0.4 is 0 Å². The van der Waals surface area contributed by atoms with E-state index in [4.69, 9.17) is 4.98 Å². The molecule has 0 saturated heterocycles. The standard InChI is InChI=1S/C40H26N4/c1-4-10-27(11-5-1)32-24-37(42-36-18-20-41-26-35(32)36)28-16-17-38-33(22-28)34-25-39-29(19-21-43(39)30-12-6-2-7-13-30)23-40(34)44(38)31-14-8-3-9-15-31/h1-26H. The van der Waals surface area contributed by atoms with Gasteiger partial charge in [0.1, 0.15) is 0 Å². The zero-order chi connectivity index (χ0) is 29.0. The first kappa shape index (κ1) is 24.6. The van der Waals surface area contributed by atoms with Crippen molar-refractivity contribution in [1.82, 2.24) is 19.1 Å². The predicted octanol–water partition coefficient (Wildman–Crippen LogP) is 10.0. The van der Waals surface area contributed by atoms with Gasteiger partial charge in [0.2, 0.25) is 0 Å². The Bertz CT molecular complexity index is 2470. The van der Waals surface area contributed by atoms with Crippen LogP contribution in [-0.2, 0) is 0 Å². The van der Waals surface area contributed by atoms with E-state index >= 15 is 0 Å². The van der Waals surface area contributed by atoms with Crippen molar-refractivity contribution in [2.75, 3.05) is 0 Å². The van der Waals surface area contributed by atoms with Crippen LogP contribution in [0, 0.1) is 0 Å². The van der Waals surface area contributed by atoms with E-state index in [1.54, 1.807) is 0 Å². The van der Waals surface area contributed by atoms with Crippen LogP contribution in [0.25, 0.3) is 77.4 Å². The molecule has 0 radical (unpaired) electrons. The Kier molecular flexibility index (Phi) is 5.47. The quantitative estimate of drug-likeness (QED) is 0.214. The van der Waals surface area contributed by atoms with Crippen LogP contribution in [0.15, 0.2) is 158 Å². The lowest BCUT2D eigenvalue weighted by Gasteiger charge is -2.11. The molecule has 0 fully saturated rings. The molecule has 5 aromatic carbocycles. The summed E-state index contributed by atoms with van der Waals surface area (Å²) < 4.78 is 4.65. The van der Waals surface area contributed by atoms with E-state index in [0.29, 0.717) is 0 Å². The minimum atomic E-state index is 0.936. The van der Waals surface area contributed by atoms with Crippen LogP contribution in [0.4, 0.5) is 0 Å². The number of hydrogen-bond acceptors (Lipinski definition) is 2. The third-order valence-corrected chi connectivity index (χ3v) is 8.62. The predicted molar refractivity (Wildman–Crippen MR) is 182 cm³/mol. The van der Waals surface area contributed by atoms with Gasteiger partial charge in [-0.1, -0.05) is 72.8 Å². The van der Waals surface area contributed by atoms with Crippen molar-refractivity contribution in [2.24, 2.45) is 0 Å². The fourth-order valence-corrected chi connectivity index (χ4v) is 6.55. The molecule has 4 nitrogen and oxygen atoms in total. The third-order valence-electron chi connectivity index (χ3n) is 8.62. The monoisotopic (exact) mass is 562 g/mol. The summed E-state index contributed by atoms with van der Waals surface area (Å²) in [7, 11) is 0. The first-order valence-electron chi connectivity index (χ1n) is 14.8. The van der Waals surface area contributed by atoms with Crippen LogP contribution in [-0.4, -0.2) is 19.1 Å². The minimum absolute atomic E-state index is 0.936. The van der Waals surface area contributed by atoms with E-state index in [0.717, 1.165) is 44.7 Å². The molecule has 206 valence electrons. The molecule has 0 amide bonds. The van der Waals surface area contributed by atoms with Crippen LogP contribution in [0.3, 0.4) is 0 Å². The van der Waals surface area contributed by atoms with Gasteiger partial charge >= 0.3 is 0 Å². The Labute approximate surface area is 254 Å². The lowest BCUT2D eigenvalue weighted by molar-refractivity contribution is 1.13. The largest absolute Gasteiger partial charge is 0.317 e. The molecule has 4 heterocycles. The number of nitrogens with zero attached hydrogens (tertiary/aromatic N) is 4. The van der Waals surface area contributed by atoms with Gasteiger partial charge in [-0.15, -0.1) is 0 Å².